The maximum atomic E-state index is 3.68. The van der Waals surface area contributed by atoms with Crippen molar-refractivity contribution in [2.24, 2.45) is 0 Å². The van der Waals surface area contributed by atoms with Gasteiger partial charge in [0.05, 0.1) is 0 Å². The van der Waals surface area contributed by atoms with Crippen molar-refractivity contribution in [3.63, 3.8) is 0 Å². The van der Waals surface area contributed by atoms with Crippen LogP contribution in [0.2, 0.25) is 19.6 Å². The molecule has 0 aromatic heterocycles. The van der Waals surface area contributed by atoms with E-state index in [2.05, 4.69) is 57.8 Å². The van der Waals surface area contributed by atoms with E-state index in [4.69, 9.17) is 0 Å². The number of fused-ring (bicyclic) bond motifs is 1. The fraction of sp³-hybridized carbons (Fsp3) is 0.429. The first-order valence-corrected chi connectivity index (χ1v) is 9.19. The second-order valence-corrected chi connectivity index (χ2v) is 10.9. The van der Waals surface area contributed by atoms with Crippen LogP contribution in [-0.2, 0) is 21.7 Å². The first kappa shape index (κ1) is 24.8. The van der Waals surface area contributed by atoms with E-state index in [1.165, 1.54) is 22.3 Å². The Morgan fingerprint density at radius 3 is 2.00 bits per heavy atom. The van der Waals surface area contributed by atoms with E-state index in [-0.39, 0.29) is 58.9 Å². The number of allylic oxidation sites excluding steroid dienone is 2. The smallest absolute Gasteiger partial charge is 1.00 e. The van der Waals surface area contributed by atoms with Gasteiger partial charge in [-0.25, -0.2) is 5.57 Å². The van der Waals surface area contributed by atoms with Gasteiger partial charge in [0.15, 0.2) is 0 Å². The Balaban J connectivity index is -0.000000640. The number of halogens is 3. The van der Waals surface area contributed by atoms with Crippen LogP contribution in [0.15, 0.2) is 18.2 Å². The van der Waals surface area contributed by atoms with Crippen molar-refractivity contribution in [2.75, 3.05) is 0 Å². The van der Waals surface area contributed by atoms with Crippen LogP contribution in [-0.4, -0.2) is 8.07 Å². The third-order valence-corrected chi connectivity index (χ3v) is 5.41. The molecule has 0 spiro atoms. The fourth-order valence-electron chi connectivity index (χ4n) is 2.49. The molecule has 1 aromatic rings. The van der Waals surface area contributed by atoms with Gasteiger partial charge >= 0.3 is 21.7 Å². The van der Waals surface area contributed by atoms with Crippen molar-refractivity contribution in [3.8, 4) is 0 Å². The molecule has 0 saturated carbocycles. The molecule has 104 valence electrons. The number of rotatable bonds is 1. The largest absolute Gasteiger partial charge is 4.00 e. The molecule has 0 nitrogen and oxygen atoms in total. The molecule has 0 saturated heterocycles. The van der Waals surface area contributed by atoms with Gasteiger partial charge in [-0.2, -0.15) is 5.56 Å². The molecule has 1 atom stereocenters. The monoisotopic (exact) mass is 368 g/mol. The second-order valence-electron chi connectivity index (χ2n) is 5.61. The summed E-state index contributed by atoms with van der Waals surface area (Å²) in [7, 11) is -1.17. The van der Waals surface area contributed by atoms with E-state index in [1.54, 1.807) is 0 Å². The first-order chi connectivity index (χ1) is 6.91. The average molecular weight is 370 g/mol. The SMILES string of the molecule is CC1=[C-]C([Si](C)(C)C)c2cccc(C)c21.[Cl-].[Cl-].[Cl-].[Ti+4]. The van der Waals surface area contributed by atoms with E-state index in [9.17, 15) is 0 Å². The molecular weight excluding hydrogens is 350 g/mol. The quantitative estimate of drug-likeness (QED) is 0.344. The normalized spacial score (nSPS) is 15.8. The van der Waals surface area contributed by atoms with Crippen molar-refractivity contribution < 1.29 is 58.9 Å². The first-order valence-electron chi connectivity index (χ1n) is 5.61. The molecule has 2 rings (SSSR count). The molecule has 0 fully saturated rings. The zero-order valence-electron chi connectivity index (χ0n) is 11.9. The average Bonchev–Trinajstić information content (AvgIpc) is 2.44. The Morgan fingerprint density at radius 2 is 1.53 bits per heavy atom. The Kier molecular flexibility index (Phi) is 11.6. The second kappa shape index (κ2) is 8.92. The summed E-state index contributed by atoms with van der Waals surface area (Å²) in [6.07, 6.45) is 3.68. The summed E-state index contributed by atoms with van der Waals surface area (Å²) in [6, 6.07) is 6.67. The molecule has 1 aliphatic carbocycles. The molecule has 0 aliphatic heterocycles. The molecule has 0 N–H and O–H groups in total. The summed E-state index contributed by atoms with van der Waals surface area (Å²) in [5, 5.41) is 0. The summed E-state index contributed by atoms with van der Waals surface area (Å²) >= 11 is 0. The van der Waals surface area contributed by atoms with Gasteiger partial charge in [-0.1, -0.05) is 57.2 Å². The van der Waals surface area contributed by atoms with Crippen LogP contribution in [0.3, 0.4) is 0 Å². The van der Waals surface area contributed by atoms with E-state index in [1.807, 2.05) is 0 Å². The van der Waals surface area contributed by atoms with E-state index in [0.29, 0.717) is 5.54 Å². The molecular formula is C14H19Cl3SiTi. The summed E-state index contributed by atoms with van der Waals surface area (Å²) in [6.45, 7) is 11.7. The van der Waals surface area contributed by atoms with Crippen LogP contribution < -0.4 is 37.2 Å². The minimum atomic E-state index is -1.17. The molecule has 1 aliphatic rings. The van der Waals surface area contributed by atoms with Crippen molar-refractivity contribution in [2.45, 2.75) is 39.0 Å². The van der Waals surface area contributed by atoms with Gasteiger partial charge < -0.3 is 37.2 Å². The van der Waals surface area contributed by atoms with Crippen molar-refractivity contribution in [1.82, 2.24) is 0 Å². The van der Waals surface area contributed by atoms with E-state index >= 15 is 0 Å². The van der Waals surface area contributed by atoms with Crippen LogP contribution in [0.5, 0.6) is 0 Å². The minimum absolute atomic E-state index is 0. The summed E-state index contributed by atoms with van der Waals surface area (Å²) < 4.78 is 0. The van der Waals surface area contributed by atoms with Gasteiger partial charge in [0.25, 0.3) is 0 Å². The number of hydrogen-bond acceptors (Lipinski definition) is 0. The maximum Gasteiger partial charge on any atom is 4.00 e. The van der Waals surface area contributed by atoms with Crippen molar-refractivity contribution in [3.05, 3.63) is 41.0 Å². The van der Waals surface area contributed by atoms with Crippen LogP contribution in [0, 0.1) is 13.0 Å². The molecule has 19 heavy (non-hydrogen) atoms. The van der Waals surface area contributed by atoms with E-state index < -0.39 is 8.07 Å². The third kappa shape index (κ3) is 4.91. The van der Waals surface area contributed by atoms with Crippen molar-refractivity contribution >= 4 is 13.6 Å². The summed E-state index contributed by atoms with van der Waals surface area (Å²) in [5.41, 5.74) is 6.33. The van der Waals surface area contributed by atoms with E-state index in [0.717, 1.165) is 0 Å². The van der Waals surface area contributed by atoms with Gasteiger partial charge in [-0.3, -0.25) is 6.08 Å². The molecule has 0 radical (unpaired) electrons. The van der Waals surface area contributed by atoms with Gasteiger partial charge in [-0.05, 0) is 0 Å². The van der Waals surface area contributed by atoms with Crippen LogP contribution >= 0.6 is 0 Å². The number of benzene rings is 1. The summed E-state index contributed by atoms with van der Waals surface area (Å²) in [4.78, 5) is 0. The topological polar surface area (TPSA) is 0 Å². The Morgan fingerprint density at radius 1 is 1.00 bits per heavy atom. The van der Waals surface area contributed by atoms with Gasteiger partial charge in [0, 0.05) is 8.07 Å². The predicted molar refractivity (Wildman–Crippen MR) is 69.6 cm³/mol. The Hall–Kier alpha value is 0.761. The van der Waals surface area contributed by atoms with Gasteiger partial charge in [0.1, 0.15) is 0 Å². The maximum absolute atomic E-state index is 3.68. The molecule has 1 aromatic carbocycles. The fourth-order valence-corrected chi connectivity index (χ4v) is 4.32. The predicted octanol–water partition coefficient (Wildman–Crippen LogP) is -4.81. The van der Waals surface area contributed by atoms with Crippen LogP contribution in [0.4, 0.5) is 0 Å². The molecule has 0 amide bonds. The number of aryl methyl sites for hydroxylation is 1. The third-order valence-electron chi connectivity index (χ3n) is 3.22. The molecule has 0 bridgehead atoms. The van der Waals surface area contributed by atoms with Crippen LogP contribution in [0.25, 0.3) is 5.57 Å². The molecule has 5 heteroatoms. The van der Waals surface area contributed by atoms with Crippen LogP contribution in [0.1, 0.15) is 29.2 Å². The zero-order chi connectivity index (χ0) is 11.2. The van der Waals surface area contributed by atoms with Gasteiger partial charge in [0.2, 0.25) is 0 Å². The number of hydrogen-bond donors (Lipinski definition) is 0. The minimum Gasteiger partial charge on any atom is -1.00 e. The standard InChI is InChI=1S/C14H19Si.3ClH.Ti/c1-10-7-6-8-12-13(15(3,4)5)9-11(2)14(10)12;;;;/h6-8,13H,1-5H3;3*1H;/q-1;;;;+4/p-3. The Bertz CT molecular complexity index is 439. The summed E-state index contributed by atoms with van der Waals surface area (Å²) in [5.74, 6) is 0. The molecule has 0 heterocycles. The molecule has 1 unspecified atom stereocenters. The van der Waals surface area contributed by atoms with Crippen molar-refractivity contribution in [1.29, 1.82) is 0 Å². The van der Waals surface area contributed by atoms with Gasteiger partial charge in [-0.15, -0.1) is 11.1 Å². The zero-order valence-corrected chi connectivity index (χ0v) is 16.8. The Labute approximate surface area is 152 Å².